The number of carbonyl (C=O) groups excluding carboxylic acids is 2. The summed E-state index contributed by atoms with van der Waals surface area (Å²) in [7, 11) is 0. The molecule has 8 nitrogen and oxygen atoms in total. The maximum absolute atomic E-state index is 13.5. The van der Waals surface area contributed by atoms with Crippen LogP contribution in [0.5, 0.6) is 0 Å². The molecule has 3 atom stereocenters. The zero-order valence-corrected chi connectivity index (χ0v) is 19.6. The molecule has 2 fully saturated rings. The van der Waals surface area contributed by atoms with Gasteiger partial charge < -0.3 is 15.1 Å². The number of carbonyl (C=O) groups is 2. The molecular formula is C23H30Cl2N6O2. The first-order valence-electron chi connectivity index (χ1n) is 11.0. The molecule has 0 radical (unpaired) electrons. The Hall–Kier alpha value is -2.29. The molecule has 2 saturated heterocycles. The number of halogens is 2. The number of hydrogen-bond acceptors (Lipinski definition) is 4. The number of aromatic nitrogens is 2. The van der Waals surface area contributed by atoms with Gasteiger partial charge in [-0.1, -0.05) is 30.6 Å². The second kappa shape index (κ2) is 9.16. The van der Waals surface area contributed by atoms with E-state index in [-0.39, 0.29) is 31.4 Å². The lowest BCUT2D eigenvalue weighted by Crippen LogP contribution is -2.59. The van der Waals surface area contributed by atoms with Crippen LogP contribution < -0.4 is 5.32 Å². The van der Waals surface area contributed by atoms with E-state index in [0.29, 0.717) is 34.0 Å². The van der Waals surface area contributed by atoms with Crippen molar-refractivity contribution in [2.45, 2.75) is 58.8 Å². The van der Waals surface area contributed by atoms with Gasteiger partial charge in [-0.05, 0) is 51.4 Å². The summed E-state index contributed by atoms with van der Waals surface area (Å²) in [5, 5.41) is 10.9. The van der Waals surface area contributed by atoms with Gasteiger partial charge in [-0.15, -0.1) is 0 Å². The maximum Gasteiger partial charge on any atom is 0.321 e. The molecule has 1 aromatic carbocycles. The largest absolute Gasteiger partial charge is 0.321 e. The molecule has 0 aliphatic carbocycles. The number of nitrogens with zero attached hydrogens (tertiary/aromatic N) is 4. The summed E-state index contributed by atoms with van der Waals surface area (Å²) in [5.41, 5.74) is 2.03. The molecule has 10 heteroatoms. The average Bonchev–Trinajstić information content (AvgIpc) is 3.43. The van der Waals surface area contributed by atoms with Crippen molar-refractivity contribution in [3.63, 3.8) is 0 Å². The van der Waals surface area contributed by atoms with Gasteiger partial charge in [0.1, 0.15) is 0 Å². The Morgan fingerprint density at radius 2 is 1.85 bits per heavy atom. The fourth-order valence-corrected chi connectivity index (χ4v) is 5.69. The summed E-state index contributed by atoms with van der Waals surface area (Å²) in [6.45, 7) is 7.34. The smallest absolute Gasteiger partial charge is 0.319 e. The average molecular weight is 493 g/mol. The highest BCUT2D eigenvalue weighted by atomic mass is 35.5. The summed E-state index contributed by atoms with van der Waals surface area (Å²) < 4.78 is 0. The number of rotatable bonds is 2. The molecule has 178 valence electrons. The predicted octanol–water partition coefficient (Wildman–Crippen LogP) is 4.77. The first-order valence-corrected chi connectivity index (χ1v) is 11.7. The summed E-state index contributed by atoms with van der Waals surface area (Å²) in [4.78, 5) is 32.6. The zero-order valence-electron chi connectivity index (χ0n) is 18.1. The fourth-order valence-electron chi connectivity index (χ4n) is 5.17. The van der Waals surface area contributed by atoms with Crippen LogP contribution >= 0.6 is 23.2 Å². The van der Waals surface area contributed by atoms with Crippen LogP contribution in [0.15, 0.2) is 18.2 Å². The SMILES string of the molecule is C.CC1c2[nH]nc(NC(=O)c3cc(Cl)cc(Cl)c3)c2CN1C(=O)N1C[C@@H]2CCCN2C[C@@H]1C. The molecule has 2 aromatic rings. The van der Waals surface area contributed by atoms with E-state index in [9.17, 15) is 9.59 Å². The van der Waals surface area contributed by atoms with Crippen molar-refractivity contribution >= 4 is 41.0 Å². The van der Waals surface area contributed by atoms with Crippen molar-refractivity contribution in [3.05, 3.63) is 45.1 Å². The molecule has 5 rings (SSSR count). The highest BCUT2D eigenvalue weighted by molar-refractivity contribution is 6.35. The van der Waals surface area contributed by atoms with Crippen molar-refractivity contribution in [3.8, 4) is 0 Å². The quantitative estimate of drug-likeness (QED) is 0.632. The number of nitrogens with one attached hydrogen (secondary N) is 2. The van der Waals surface area contributed by atoms with E-state index >= 15 is 0 Å². The van der Waals surface area contributed by atoms with E-state index in [1.54, 1.807) is 18.2 Å². The van der Waals surface area contributed by atoms with Crippen LogP contribution in [-0.2, 0) is 6.54 Å². The number of piperazine rings is 1. The van der Waals surface area contributed by atoms with Crippen molar-refractivity contribution in [1.82, 2.24) is 24.9 Å². The van der Waals surface area contributed by atoms with Gasteiger partial charge in [-0.25, -0.2) is 4.79 Å². The van der Waals surface area contributed by atoms with Crippen LogP contribution in [0.3, 0.4) is 0 Å². The van der Waals surface area contributed by atoms with E-state index < -0.39 is 0 Å². The normalized spacial score (nSPS) is 24.3. The minimum Gasteiger partial charge on any atom is -0.319 e. The van der Waals surface area contributed by atoms with E-state index in [1.165, 1.54) is 6.42 Å². The first kappa shape index (κ1) is 23.9. The minimum absolute atomic E-state index is 0. The molecule has 3 aliphatic heterocycles. The molecule has 3 amide bonds. The molecule has 2 N–H and O–H groups in total. The minimum atomic E-state index is -0.355. The van der Waals surface area contributed by atoms with Crippen molar-refractivity contribution in [2.24, 2.45) is 0 Å². The van der Waals surface area contributed by atoms with Gasteiger partial charge in [0.15, 0.2) is 5.82 Å². The molecule has 4 heterocycles. The Bertz CT molecular complexity index is 1050. The summed E-state index contributed by atoms with van der Waals surface area (Å²) >= 11 is 12.0. The molecule has 0 spiro atoms. The van der Waals surface area contributed by atoms with Crippen LogP contribution in [0.1, 0.15) is 61.8 Å². The molecule has 0 bridgehead atoms. The van der Waals surface area contributed by atoms with Crippen molar-refractivity contribution < 1.29 is 9.59 Å². The molecule has 33 heavy (non-hydrogen) atoms. The third-order valence-electron chi connectivity index (χ3n) is 6.90. The van der Waals surface area contributed by atoms with Gasteiger partial charge >= 0.3 is 6.03 Å². The Morgan fingerprint density at radius 3 is 2.58 bits per heavy atom. The van der Waals surface area contributed by atoms with E-state index in [0.717, 1.165) is 37.3 Å². The molecule has 0 saturated carbocycles. The monoisotopic (exact) mass is 492 g/mol. The third kappa shape index (κ3) is 4.32. The lowest BCUT2D eigenvalue weighted by atomic mass is 10.1. The second-order valence-corrected chi connectivity index (χ2v) is 9.83. The molecule has 3 aliphatic rings. The highest BCUT2D eigenvalue weighted by Gasteiger charge is 2.42. The van der Waals surface area contributed by atoms with Gasteiger partial charge in [0.25, 0.3) is 5.91 Å². The number of hydrogen-bond donors (Lipinski definition) is 2. The van der Waals surface area contributed by atoms with Crippen LogP contribution in [0.4, 0.5) is 10.6 Å². The predicted molar refractivity (Wildman–Crippen MR) is 130 cm³/mol. The van der Waals surface area contributed by atoms with Gasteiger partial charge in [-0.2, -0.15) is 5.10 Å². The van der Waals surface area contributed by atoms with Crippen molar-refractivity contribution in [2.75, 3.05) is 25.0 Å². The van der Waals surface area contributed by atoms with Gasteiger partial charge in [0.05, 0.1) is 18.3 Å². The number of amides is 3. The maximum atomic E-state index is 13.5. The van der Waals surface area contributed by atoms with Crippen molar-refractivity contribution in [1.29, 1.82) is 0 Å². The lowest BCUT2D eigenvalue weighted by molar-refractivity contribution is 0.0580. The highest BCUT2D eigenvalue weighted by Crippen LogP contribution is 2.37. The standard InChI is InChI=1S/C22H26Cl2N6O2.CH4/c1-12-9-28-5-3-4-17(28)10-29(12)22(32)30-11-18-19(13(30)2)26-27-20(18)25-21(31)14-6-15(23)8-16(24)7-14;/h6-8,12-13,17H,3-5,9-11H2,1-2H3,(H2,25,26,27,31);1H4/t12-,13?,17-;/m0./s1. The van der Waals surface area contributed by atoms with E-state index in [2.05, 4.69) is 27.3 Å². The van der Waals surface area contributed by atoms with Gasteiger partial charge in [0, 0.05) is 46.3 Å². The first-order chi connectivity index (χ1) is 15.3. The second-order valence-electron chi connectivity index (χ2n) is 8.96. The number of urea groups is 1. The number of benzene rings is 1. The zero-order chi connectivity index (χ0) is 22.6. The Labute approximate surface area is 204 Å². The topological polar surface area (TPSA) is 84.6 Å². The number of fused-ring (bicyclic) bond motifs is 2. The molecule has 1 unspecified atom stereocenters. The Kier molecular flexibility index (Phi) is 6.62. The third-order valence-corrected chi connectivity index (χ3v) is 7.33. The fraction of sp³-hybridized carbons (Fsp3) is 0.522. The number of anilines is 1. The summed E-state index contributed by atoms with van der Waals surface area (Å²) in [6.07, 6.45) is 2.36. The van der Waals surface area contributed by atoms with Crippen LogP contribution in [0.25, 0.3) is 0 Å². The van der Waals surface area contributed by atoms with E-state index in [4.69, 9.17) is 23.2 Å². The van der Waals surface area contributed by atoms with Crippen LogP contribution in [0.2, 0.25) is 10.0 Å². The Morgan fingerprint density at radius 1 is 1.12 bits per heavy atom. The Balaban J connectivity index is 0.00000259. The lowest BCUT2D eigenvalue weighted by Gasteiger charge is -2.44. The molecule has 1 aromatic heterocycles. The van der Waals surface area contributed by atoms with Gasteiger partial charge in [-0.3, -0.25) is 14.8 Å². The summed E-state index contributed by atoms with van der Waals surface area (Å²) in [5.74, 6) is 0.0732. The number of aromatic amines is 1. The van der Waals surface area contributed by atoms with E-state index in [1.807, 2.05) is 16.7 Å². The van der Waals surface area contributed by atoms with Crippen LogP contribution in [-0.4, -0.2) is 68.6 Å². The van der Waals surface area contributed by atoms with Gasteiger partial charge in [0.2, 0.25) is 0 Å². The van der Waals surface area contributed by atoms with Crippen LogP contribution in [0, 0.1) is 0 Å². The summed E-state index contributed by atoms with van der Waals surface area (Å²) in [6, 6.07) is 5.21. The number of H-pyrrole nitrogens is 1. The molecular weight excluding hydrogens is 463 g/mol.